The first-order valence-corrected chi connectivity index (χ1v) is 22.4. The van der Waals surface area contributed by atoms with E-state index in [1.54, 1.807) is 0 Å². The quantitative estimate of drug-likeness (QED) is 0.0275. The molecule has 0 saturated carbocycles. The van der Waals surface area contributed by atoms with Crippen LogP contribution < -0.4 is 0 Å². The van der Waals surface area contributed by atoms with E-state index in [2.05, 4.69) is 38.2 Å². The third-order valence-electron chi connectivity index (χ3n) is 10.7. The number of esters is 2. The number of carbonyl (C=O) groups is 2. The van der Waals surface area contributed by atoms with Gasteiger partial charge in [0, 0.05) is 12.8 Å². The summed E-state index contributed by atoms with van der Waals surface area (Å²) in [7, 11) is 0. The largest absolute Gasteiger partial charge is 0.462 e. The van der Waals surface area contributed by atoms with Crippen LogP contribution in [0.2, 0.25) is 0 Å². The van der Waals surface area contributed by atoms with Crippen molar-refractivity contribution in [3.63, 3.8) is 0 Å². The van der Waals surface area contributed by atoms with E-state index in [4.69, 9.17) is 28.4 Å². The second kappa shape index (κ2) is 32.7. The van der Waals surface area contributed by atoms with Crippen molar-refractivity contribution in [3.8, 4) is 0 Å². The van der Waals surface area contributed by atoms with Gasteiger partial charge in [0.15, 0.2) is 18.7 Å². The number of hydrogen-bond donors (Lipinski definition) is 7. The second-order valence-corrected chi connectivity index (χ2v) is 15.9. The van der Waals surface area contributed by atoms with Crippen molar-refractivity contribution in [2.24, 2.45) is 0 Å². The van der Waals surface area contributed by atoms with Crippen molar-refractivity contribution in [1.82, 2.24) is 0 Å². The Balaban J connectivity index is 1.87. The topological polar surface area (TPSA) is 231 Å². The molecule has 7 N–H and O–H groups in total. The number of aliphatic hydroxyl groups is 7. The molecule has 0 aromatic carbocycles. The highest BCUT2D eigenvalue weighted by atomic mass is 16.7. The Hall–Kier alpha value is -2.02. The molecule has 0 bridgehead atoms. The Morgan fingerprint density at radius 3 is 1.63 bits per heavy atom. The van der Waals surface area contributed by atoms with Gasteiger partial charge in [0.1, 0.15) is 55.4 Å². The highest BCUT2D eigenvalue weighted by Crippen LogP contribution is 2.26. The van der Waals surface area contributed by atoms with E-state index < -0.39 is 92.7 Å². The highest BCUT2D eigenvalue weighted by Gasteiger charge is 2.47. The van der Waals surface area contributed by atoms with Crippen LogP contribution in [-0.2, 0) is 38.0 Å². The van der Waals surface area contributed by atoms with E-state index in [1.165, 1.54) is 44.9 Å². The number of rotatable bonds is 33. The number of unbranched alkanes of at least 4 members (excludes halogenated alkanes) is 15. The molecule has 344 valence electrons. The minimum Gasteiger partial charge on any atom is -0.462 e. The first-order chi connectivity index (χ1) is 28.5. The molecule has 15 nitrogen and oxygen atoms in total. The standard InChI is InChI=1S/C44H78O15/c1-3-5-7-9-11-13-14-15-16-17-19-21-23-25-27-36(47)57-32(29-54-35(46)26-24-22-20-18-12-10-8-6-4-2)30-55-43-42(53)40(51)38(49)34(59-43)31-56-44-41(52)39(50)37(48)33(28-45)58-44/h9,11,14-15,32-34,37-45,48-53H,3-8,10,12-13,16-31H2,1-2H3/b11-9-,15-14-. The molecule has 0 spiro atoms. The SMILES string of the molecule is CCCC/C=C\C/C=C\CCCCCCCC(=O)OC(COC(=O)CCCCCCCCCCC)COC1OC(COC2OC(CO)C(O)C(O)C2O)C(O)C(O)C1O. The Kier molecular flexibility index (Phi) is 29.4. The van der Waals surface area contributed by atoms with Crippen molar-refractivity contribution >= 4 is 11.9 Å². The van der Waals surface area contributed by atoms with Gasteiger partial charge in [-0.1, -0.05) is 122 Å². The summed E-state index contributed by atoms with van der Waals surface area (Å²) in [4.78, 5) is 25.5. The van der Waals surface area contributed by atoms with Gasteiger partial charge in [-0.25, -0.2) is 0 Å². The third-order valence-corrected chi connectivity index (χ3v) is 10.7. The van der Waals surface area contributed by atoms with Gasteiger partial charge in [-0.15, -0.1) is 0 Å². The molecule has 15 heteroatoms. The third kappa shape index (κ3) is 22.1. The van der Waals surface area contributed by atoms with Crippen LogP contribution in [0.4, 0.5) is 0 Å². The molecule has 0 aromatic rings. The maximum Gasteiger partial charge on any atom is 0.306 e. The summed E-state index contributed by atoms with van der Waals surface area (Å²) in [6, 6.07) is 0. The molecular formula is C44H78O15. The predicted molar refractivity (Wildman–Crippen MR) is 220 cm³/mol. The van der Waals surface area contributed by atoms with E-state index >= 15 is 0 Å². The highest BCUT2D eigenvalue weighted by molar-refractivity contribution is 5.70. The van der Waals surface area contributed by atoms with Crippen molar-refractivity contribution in [3.05, 3.63) is 24.3 Å². The lowest BCUT2D eigenvalue weighted by Gasteiger charge is -2.42. The molecule has 2 aliphatic heterocycles. The van der Waals surface area contributed by atoms with Gasteiger partial charge in [-0.3, -0.25) is 9.59 Å². The average Bonchev–Trinajstić information content (AvgIpc) is 3.23. The van der Waals surface area contributed by atoms with Crippen LogP contribution in [0.3, 0.4) is 0 Å². The second-order valence-electron chi connectivity index (χ2n) is 15.9. The molecule has 2 heterocycles. The van der Waals surface area contributed by atoms with Crippen LogP contribution in [0.15, 0.2) is 24.3 Å². The van der Waals surface area contributed by atoms with E-state index in [-0.39, 0.29) is 26.1 Å². The minimum absolute atomic E-state index is 0.151. The first kappa shape index (κ1) is 53.1. The zero-order valence-corrected chi connectivity index (χ0v) is 35.7. The monoisotopic (exact) mass is 847 g/mol. The number of hydrogen-bond acceptors (Lipinski definition) is 15. The normalized spacial score (nSPS) is 28.0. The Morgan fingerprint density at radius 2 is 1.03 bits per heavy atom. The van der Waals surface area contributed by atoms with Gasteiger partial charge in [0.25, 0.3) is 0 Å². The first-order valence-electron chi connectivity index (χ1n) is 22.4. The van der Waals surface area contributed by atoms with Crippen molar-refractivity contribution < 1.29 is 73.8 Å². The Labute approximate surface area is 352 Å². The van der Waals surface area contributed by atoms with E-state index in [1.807, 2.05) is 0 Å². The summed E-state index contributed by atoms with van der Waals surface area (Å²) in [6.45, 7) is 2.48. The van der Waals surface area contributed by atoms with E-state index in [9.17, 15) is 45.3 Å². The zero-order chi connectivity index (χ0) is 43.3. The number of ether oxygens (including phenoxy) is 6. The minimum atomic E-state index is -1.76. The van der Waals surface area contributed by atoms with Gasteiger partial charge in [0.05, 0.1) is 19.8 Å². The molecule has 2 aliphatic rings. The van der Waals surface area contributed by atoms with Crippen molar-refractivity contribution in [1.29, 1.82) is 0 Å². The molecule has 59 heavy (non-hydrogen) atoms. The molecule has 11 atom stereocenters. The molecule has 0 radical (unpaired) electrons. The van der Waals surface area contributed by atoms with Crippen LogP contribution in [0.5, 0.6) is 0 Å². The maximum absolute atomic E-state index is 12.9. The molecule has 0 aromatic heterocycles. The summed E-state index contributed by atoms with van der Waals surface area (Å²) in [5.41, 5.74) is 0. The molecule has 2 saturated heterocycles. The van der Waals surface area contributed by atoms with Gasteiger partial charge in [-0.2, -0.15) is 0 Å². The smallest absolute Gasteiger partial charge is 0.306 e. The van der Waals surface area contributed by atoms with Crippen LogP contribution >= 0.6 is 0 Å². The van der Waals surface area contributed by atoms with Crippen LogP contribution in [-0.4, -0.2) is 142 Å². The fourth-order valence-corrected chi connectivity index (χ4v) is 6.88. The molecule has 0 amide bonds. The van der Waals surface area contributed by atoms with Crippen LogP contribution in [0.25, 0.3) is 0 Å². The molecule has 11 unspecified atom stereocenters. The average molecular weight is 847 g/mol. The fraction of sp³-hybridized carbons (Fsp3) is 0.864. The fourth-order valence-electron chi connectivity index (χ4n) is 6.88. The van der Waals surface area contributed by atoms with Crippen LogP contribution in [0.1, 0.15) is 149 Å². The van der Waals surface area contributed by atoms with Gasteiger partial charge < -0.3 is 64.2 Å². The predicted octanol–water partition coefficient (Wildman–Crippen LogP) is 4.43. The summed E-state index contributed by atoms with van der Waals surface area (Å²) >= 11 is 0. The lowest BCUT2D eigenvalue weighted by Crippen LogP contribution is -2.61. The molecular weight excluding hydrogens is 768 g/mol. The van der Waals surface area contributed by atoms with Crippen molar-refractivity contribution in [2.45, 2.75) is 216 Å². The van der Waals surface area contributed by atoms with Gasteiger partial charge in [-0.05, 0) is 38.5 Å². The van der Waals surface area contributed by atoms with Crippen LogP contribution in [0, 0.1) is 0 Å². The van der Waals surface area contributed by atoms with Gasteiger partial charge >= 0.3 is 11.9 Å². The number of allylic oxidation sites excluding steroid dienone is 4. The maximum atomic E-state index is 12.9. The van der Waals surface area contributed by atoms with E-state index in [0.717, 1.165) is 64.2 Å². The van der Waals surface area contributed by atoms with Gasteiger partial charge in [0.2, 0.25) is 0 Å². The Morgan fingerprint density at radius 1 is 0.542 bits per heavy atom. The summed E-state index contributed by atoms with van der Waals surface area (Å²) in [5.74, 6) is -0.944. The lowest BCUT2D eigenvalue weighted by molar-refractivity contribution is -0.332. The lowest BCUT2D eigenvalue weighted by atomic mass is 9.98. The summed E-state index contributed by atoms with van der Waals surface area (Å²) < 4.78 is 33.4. The van der Waals surface area contributed by atoms with Crippen molar-refractivity contribution in [2.75, 3.05) is 26.4 Å². The Bertz CT molecular complexity index is 1140. The molecule has 2 rings (SSSR count). The summed E-state index contributed by atoms with van der Waals surface area (Å²) in [5, 5.41) is 71.7. The summed E-state index contributed by atoms with van der Waals surface area (Å²) in [6.07, 6.45) is 12.3. The van der Waals surface area contributed by atoms with E-state index in [0.29, 0.717) is 12.8 Å². The molecule has 2 fully saturated rings. The number of carbonyl (C=O) groups excluding carboxylic acids is 2. The number of aliphatic hydroxyl groups excluding tert-OH is 7. The molecule has 0 aliphatic carbocycles. The zero-order valence-electron chi connectivity index (χ0n) is 35.7.